The molecule has 4 atom stereocenters. The molecule has 0 radical (unpaired) electrons. The number of hydrogen-bond donors (Lipinski definition) is 5. The third kappa shape index (κ3) is 10.9. The van der Waals surface area contributed by atoms with E-state index in [9.17, 15) is 23.4 Å². The topological polar surface area (TPSA) is 153 Å². The minimum atomic E-state index is -4.66. The second-order valence-corrected chi connectivity index (χ2v) is 7.71. The van der Waals surface area contributed by atoms with Crippen molar-refractivity contribution in [3.8, 4) is 0 Å². The molecule has 10 heteroatoms. The SMILES string of the molecule is C[C@@](O)(/C=C/[C@H]1CC=CC(=O)O1)[C@@H](C[C@@H](O)/C=C/C=C/C=C/CO)NS(=O)(=O)O. The zero-order valence-corrected chi connectivity index (χ0v) is 16.8. The Balaban J connectivity index is 2.85. The van der Waals surface area contributed by atoms with Crippen LogP contribution in [0.4, 0.5) is 0 Å². The van der Waals surface area contributed by atoms with Crippen LogP contribution in [0.1, 0.15) is 19.8 Å². The van der Waals surface area contributed by atoms with Gasteiger partial charge in [0.1, 0.15) is 6.10 Å². The molecule has 0 bridgehead atoms. The fourth-order valence-electron chi connectivity index (χ4n) is 2.44. The molecule has 1 aliphatic heterocycles. The highest BCUT2D eigenvalue weighted by Crippen LogP contribution is 2.20. The standard InChI is InChI=1S/C19H27NO8S/c1-19(24,12-11-16-9-7-10-18(23)28-16)17(20-29(25,26)27)14-15(22)8-5-3-2-4-6-13-21/h2-8,10-12,15-17,20-22,24H,9,13-14H2,1H3,(H,25,26,27)/b3-2+,6-4+,8-5+,12-11+/t15-,16+,17+,19+/m0/s1. The van der Waals surface area contributed by atoms with Gasteiger partial charge in [-0.05, 0) is 19.4 Å². The molecule has 0 unspecified atom stereocenters. The van der Waals surface area contributed by atoms with Gasteiger partial charge in [-0.3, -0.25) is 4.55 Å². The number of ether oxygens (including phenoxy) is 1. The summed E-state index contributed by atoms with van der Waals surface area (Å²) >= 11 is 0. The van der Waals surface area contributed by atoms with Crippen LogP contribution in [0.3, 0.4) is 0 Å². The summed E-state index contributed by atoms with van der Waals surface area (Å²) in [7, 11) is -4.66. The zero-order chi connectivity index (χ0) is 21.9. The first-order valence-corrected chi connectivity index (χ1v) is 10.3. The van der Waals surface area contributed by atoms with Gasteiger partial charge in [-0.1, -0.05) is 48.6 Å². The van der Waals surface area contributed by atoms with Crippen LogP contribution in [0, 0.1) is 0 Å². The number of cyclic esters (lactones) is 1. The zero-order valence-electron chi connectivity index (χ0n) is 16.0. The maximum Gasteiger partial charge on any atom is 0.333 e. The molecule has 162 valence electrons. The second kappa shape index (κ2) is 11.8. The van der Waals surface area contributed by atoms with E-state index < -0.39 is 40.1 Å². The highest BCUT2D eigenvalue weighted by molar-refractivity contribution is 7.83. The third-order valence-electron chi connectivity index (χ3n) is 3.92. The Hall–Kier alpha value is -2.08. The van der Waals surface area contributed by atoms with Gasteiger partial charge < -0.3 is 20.1 Å². The molecule has 1 rings (SSSR count). The minimum absolute atomic E-state index is 0.0986. The Bertz CT molecular complexity index is 780. The van der Waals surface area contributed by atoms with Crippen molar-refractivity contribution < 1.29 is 37.8 Å². The van der Waals surface area contributed by atoms with Gasteiger partial charge in [-0.25, -0.2) is 4.79 Å². The van der Waals surface area contributed by atoms with Gasteiger partial charge in [0.25, 0.3) is 0 Å². The predicted molar refractivity (Wildman–Crippen MR) is 107 cm³/mol. The van der Waals surface area contributed by atoms with E-state index in [2.05, 4.69) is 0 Å². The van der Waals surface area contributed by atoms with Gasteiger partial charge in [-0.2, -0.15) is 13.1 Å². The highest BCUT2D eigenvalue weighted by atomic mass is 32.2. The van der Waals surface area contributed by atoms with Gasteiger partial charge >= 0.3 is 16.3 Å². The van der Waals surface area contributed by atoms with Gasteiger partial charge in [0.2, 0.25) is 0 Å². The number of carbonyl (C=O) groups is 1. The monoisotopic (exact) mass is 429 g/mol. The average Bonchev–Trinajstić information content (AvgIpc) is 2.61. The van der Waals surface area contributed by atoms with Crippen LogP contribution >= 0.6 is 0 Å². The smallest absolute Gasteiger partial charge is 0.333 e. The maximum absolute atomic E-state index is 11.3. The van der Waals surface area contributed by atoms with Crippen molar-refractivity contribution in [3.05, 3.63) is 60.8 Å². The number of rotatable bonds is 11. The Labute approximate surface area is 170 Å². The number of carbonyl (C=O) groups excluding carboxylic acids is 1. The molecular weight excluding hydrogens is 402 g/mol. The van der Waals surface area contributed by atoms with Crippen molar-refractivity contribution in [2.45, 2.75) is 43.6 Å². The minimum Gasteiger partial charge on any atom is -0.455 e. The third-order valence-corrected chi connectivity index (χ3v) is 4.50. The van der Waals surface area contributed by atoms with Crippen molar-refractivity contribution >= 4 is 16.3 Å². The number of nitrogens with one attached hydrogen (secondary N) is 1. The van der Waals surface area contributed by atoms with Gasteiger partial charge in [0.15, 0.2) is 0 Å². The quantitative estimate of drug-likeness (QED) is 0.136. The highest BCUT2D eigenvalue weighted by Gasteiger charge is 2.34. The van der Waals surface area contributed by atoms with E-state index in [0.717, 1.165) is 0 Å². The van der Waals surface area contributed by atoms with Crippen molar-refractivity contribution in [2.75, 3.05) is 6.61 Å². The van der Waals surface area contributed by atoms with E-state index >= 15 is 0 Å². The lowest BCUT2D eigenvalue weighted by atomic mass is 9.91. The molecule has 1 heterocycles. The Morgan fingerprint density at radius 3 is 2.66 bits per heavy atom. The molecule has 0 saturated heterocycles. The number of aliphatic hydroxyl groups excluding tert-OH is 2. The molecule has 1 aliphatic rings. The lowest BCUT2D eigenvalue weighted by Crippen LogP contribution is -2.51. The summed E-state index contributed by atoms with van der Waals surface area (Å²) in [6.07, 6.45) is 13.1. The van der Waals surface area contributed by atoms with E-state index in [0.29, 0.717) is 6.42 Å². The molecule has 0 amide bonds. The molecule has 0 saturated carbocycles. The second-order valence-electron chi connectivity index (χ2n) is 6.53. The number of esters is 1. The molecule has 5 N–H and O–H groups in total. The van der Waals surface area contributed by atoms with Crippen molar-refractivity contribution in [1.82, 2.24) is 4.72 Å². The first kappa shape index (κ1) is 25.0. The fourth-order valence-corrected chi connectivity index (χ4v) is 3.13. The summed E-state index contributed by atoms with van der Waals surface area (Å²) in [5.74, 6) is -0.527. The van der Waals surface area contributed by atoms with Gasteiger partial charge in [0, 0.05) is 12.5 Å². The summed E-state index contributed by atoms with van der Waals surface area (Å²) in [5, 5.41) is 29.4. The first-order valence-electron chi connectivity index (χ1n) is 8.86. The van der Waals surface area contributed by atoms with Crippen LogP contribution in [0.15, 0.2) is 60.8 Å². The molecule has 0 spiro atoms. The summed E-state index contributed by atoms with van der Waals surface area (Å²) in [5.41, 5.74) is -1.81. The Morgan fingerprint density at radius 2 is 2.03 bits per heavy atom. The van der Waals surface area contributed by atoms with Crippen LogP contribution in [0.2, 0.25) is 0 Å². The summed E-state index contributed by atoms with van der Waals surface area (Å²) < 4.78 is 38.6. The lowest BCUT2D eigenvalue weighted by molar-refractivity contribution is -0.141. The fraction of sp³-hybridized carbons (Fsp3) is 0.421. The van der Waals surface area contributed by atoms with Crippen LogP contribution in [0.25, 0.3) is 0 Å². The van der Waals surface area contributed by atoms with Crippen molar-refractivity contribution in [3.63, 3.8) is 0 Å². The van der Waals surface area contributed by atoms with E-state index in [1.807, 2.05) is 4.72 Å². The lowest BCUT2D eigenvalue weighted by Gasteiger charge is -2.31. The van der Waals surface area contributed by atoms with E-state index in [-0.39, 0.29) is 13.0 Å². The van der Waals surface area contributed by atoms with Gasteiger partial charge in [-0.15, -0.1) is 0 Å². The largest absolute Gasteiger partial charge is 0.455 e. The first-order chi connectivity index (χ1) is 13.5. The molecule has 0 aromatic rings. The normalized spacial score (nSPS) is 22.5. The number of aliphatic hydroxyl groups is 3. The van der Waals surface area contributed by atoms with E-state index in [1.54, 1.807) is 24.3 Å². The summed E-state index contributed by atoms with van der Waals surface area (Å²) in [6, 6.07) is -1.28. The number of allylic oxidation sites excluding steroid dienone is 4. The van der Waals surface area contributed by atoms with Crippen molar-refractivity contribution in [2.24, 2.45) is 0 Å². The molecule has 9 nitrogen and oxygen atoms in total. The van der Waals surface area contributed by atoms with Crippen LogP contribution in [-0.2, 0) is 19.8 Å². The van der Waals surface area contributed by atoms with Crippen LogP contribution in [-0.4, -0.2) is 64.7 Å². The molecule has 0 aliphatic carbocycles. The average molecular weight is 429 g/mol. The molecule has 0 aromatic carbocycles. The molecule has 0 aromatic heterocycles. The molecular formula is C19H27NO8S. The number of hydrogen-bond acceptors (Lipinski definition) is 7. The summed E-state index contributed by atoms with van der Waals surface area (Å²) in [6.45, 7) is 1.20. The molecule has 0 fully saturated rings. The van der Waals surface area contributed by atoms with Crippen LogP contribution in [0.5, 0.6) is 0 Å². The van der Waals surface area contributed by atoms with Crippen molar-refractivity contribution in [1.29, 1.82) is 0 Å². The molecule has 29 heavy (non-hydrogen) atoms. The van der Waals surface area contributed by atoms with Crippen LogP contribution < -0.4 is 4.72 Å². The Morgan fingerprint density at radius 1 is 1.34 bits per heavy atom. The predicted octanol–water partition coefficient (Wildman–Crippen LogP) is 0.338. The Kier molecular flexibility index (Phi) is 10.2. The van der Waals surface area contributed by atoms with E-state index in [1.165, 1.54) is 43.4 Å². The van der Waals surface area contributed by atoms with Gasteiger partial charge in [0.05, 0.1) is 24.4 Å². The van der Waals surface area contributed by atoms with E-state index in [4.69, 9.17) is 14.4 Å². The summed E-state index contributed by atoms with van der Waals surface area (Å²) in [4.78, 5) is 11.3. The maximum atomic E-state index is 11.3.